The molecule has 1 aromatic heterocycles. The Kier molecular flexibility index (Phi) is 6.72. The maximum atomic E-state index is 12.5. The Morgan fingerprint density at radius 1 is 1.28 bits per heavy atom. The van der Waals surface area contributed by atoms with Gasteiger partial charge in [-0.1, -0.05) is 17.7 Å². The van der Waals surface area contributed by atoms with Gasteiger partial charge < -0.3 is 10.1 Å². The summed E-state index contributed by atoms with van der Waals surface area (Å²) in [5, 5.41) is 2.82. The van der Waals surface area contributed by atoms with E-state index >= 15 is 0 Å². The lowest BCUT2D eigenvalue weighted by Crippen LogP contribution is -2.30. The number of amides is 1. The van der Waals surface area contributed by atoms with E-state index in [1.54, 1.807) is 18.2 Å². The summed E-state index contributed by atoms with van der Waals surface area (Å²) in [6.07, 6.45) is 0.146. The molecule has 1 aromatic carbocycles. The molecule has 1 amide bonds. The summed E-state index contributed by atoms with van der Waals surface area (Å²) in [6, 6.07) is 9.18. The summed E-state index contributed by atoms with van der Waals surface area (Å²) in [6.45, 7) is 1.37. The number of nitrogens with one attached hydrogen (secondary N) is 1. The van der Waals surface area contributed by atoms with Crippen LogP contribution in [0.1, 0.15) is 17.3 Å². The van der Waals surface area contributed by atoms with Crippen LogP contribution in [0.4, 0.5) is 14.5 Å². The van der Waals surface area contributed by atoms with Gasteiger partial charge in [-0.15, -0.1) is 0 Å². The zero-order chi connectivity index (χ0) is 18.4. The van der Waals surface area contributed by atoms with E-state index in [-0.39, 0.29) is 22.4 Å². The SMILES string of the molecule is C[C@H](OC(=O)c1cccnc1SC(F)F)C(=O)Nc1cccc(Cl)c1. The van der Waals surface area contributed by atoms with Crippen LogP contribution in [0.5, 0.6) is 0 Å². The first-order valence-electron chi connectivity index (χ1n) is 7.04. The molecule has 5 nitrogen and oxygen atoms in total. The van der Waals surface area contributed by atoms with E-state index in [4.69, 9.17) is 16.3 Å². The van der Waals surface area contributed by atoms with Gasteiger partial charge in [0.2, 0.25) is 0 Å². The summed E-state index contributed by atoms with van der Waals surface area (Å²) in [4.78, 5) is 28.0. The molecule has 1 heterocycles. The summed E-state index contributed by atoms with van der Waals surface area (Å²) < 4.78 is 30.1. The fourth-order valence-corrected chi connectivity index (χ4v) is 2.57. The number of halogens is 3. The predicted molar refractivity (Wildman–Crippen MR) is 91.1 cm³/mol. The van der Waals surface area contributed by atoms with Crippen LogP contribution in [0.3, 0.4) is 0 Å². The molecule has 2 rings (SSSR count). The predicted octanol–water partition coefficient (Wildman–Crippen LogP) is 4.23. The quantitative estimate of drug-likeness (QED) is 0.594. The summed E-state index contributed by atoms with van der Waals surface area (Å²) in [5.74, 6) is -4.22. The topological polar surface area (TPSA) is 68.3 Å². The van der Waals surface area contributed by atoms with Crippen molar-refractivity contribution in [1.29, 1.82) is 0 Å². The largest absolute Gasteiger partial charge is 0.449 e. The number of benzene rings is 1. The highest BCUT2D eigenvalue weighted by Crippen LogP contribution is 2.27. The van der Waals surface area contributed by atoms with Crippen molar-refractivity contribution in [3.05, 3.63) is 53.2 Å². The van der Waals surface area contributed by atoms with E-state index in [1.807, 2.05) is 0 Å². The van der Waals surface area contributed by atoms with E-state index in [9.17, 15) is 18.4 Å². The van der Waals surface area contributed by atoms with Crippen LogP contribution in [0.2, 0.25) is 5.02 Å². The van der Waals surface area contributed by atoms with Crippen LogP contribution in [-0.2, 0) is 9.53 Å². The molecule has 25 heavy (non-hydrogen) atoms. The smallest absolute Gasteiger partial charge is 0.341 e. The molecule has 0 aliphatic heterocycles. The molecule has 0 saturated carbocycles. The molecule has 0 saturated heterocycles. The van der Waals surface area contributed by atoms with Crippen LogP contribution in [0.15, 0.2) is 47.6 Å². The van der Waals surface area contributed by atoms with Gasteiger partial charge in [0.15, 0.2) is 6.10 Å². The Morgan fingerprint density at radius 3 is 2.72 bits per heavy atom. The number of thioether (sulfide) groups is 1. The van der Waals surface area contributed by atoms with Crippen molar-refractivity contribution in [1.82, 2.24) is 4.98 Å². The standard InChI is InChI=1S/C16H13ClF2N2O3S/c1-9(13(22)21-11-5-2-4-10(17)8-11)24-15(23)12-6-3-7-20-14(12)25-16(18)19/h2-9,16H,1H3,(H,21,22)/t9-/m0/s1. The van der Waals surface area contributed by atoms with E-state index in [0.29, 0.717) is 10.7 Å². The average molecular weight is 387 g/mol. The van der Waals surface area contributed by atoms with Gasteiger partial charge in [-0.2, -0.15) is 8.78 Å². The highest BCUT2D eigenvalue weighted by Gasteiger charge is 2.23. The van der Waals surface area contributed by atoms with E-state index < -0.39 is 23.7 Å². The van der Waals surface area contributed by atoms with Crippen molar-refractivity contribution >= 4 is 40.9 Å². The number of hydrogen-bond donors (Lipinski definition) is 1. The van der Waals surface area contributed by atoms with Crippen molar-refractivity contribution in [2.45, 2.75) is 23.8 Å². The molecule has 9 heteroatoms. The minimum atomic E-state index is -2.73. The fourth-order valence-electron chi connectivity index (χ4n) is 1.81. The number of esters is 1. The second kappa shape index (κ2) is 8.77. The number of nitrogens with zero attached hydrogens (tertiary/aromatic N) is 1. The first kappa shape index (κ1) is 19.1. The van der Waals surface area contributed by atoms with Crippen molar-refractivity contribution < 1.29 is 23.1 Å². The van der Waals surface area contributed by atoms with Gasteiger partial charge in [0, 0.05) is 16.9 Å². The number of hydrogen-bond acceptors (Lipinski definition) is 5. The summed E-state index contributed by atoms with van der Waals surface area (Å²) >= 11 is 5.96. The molecule has 0 unspecified atom stereocenters. The number of rotatable bonds is 6. The highest BCUT2D eigenvalue weighted by atomic mass is 35.5. The molecule has 0 bridgehead atoms. The number of pyridine rings is 1. The molecule has 132 valence electrons. The zero-order valence-corrected chi connectivity index (χ0v) is 14.5. The summed E-state index contributed by atoms with van der Waals surface area (Å²) in [7, 11) is 0. The van der Waals surface area contributed by atoms with Crippen LogP contribution < -0.4 is 5.32 Å². The fraction of sp³-hybridized carbons (Fsp3) is 0.188. The Labute approximate surface area is 151 Å². The second-order valence-corrected chi connectivity index (χ2v) is 6.20. The Bertz CT molecular complexity index is 777. The Balaban J connectivity index is 2.03. The van der Waals surface area contributed by atoms with Gasteiger partial charge in [0.05, 0.1) is 5.56 Å². The number of ether oxygens (including phenoxy) is 1. The van der Waals surface area contributed by atoms with Gasteiger partial charge in [-0.05, 0) is 49.0 Å². The molecular weight excluding hydrogens is 374 g/mol. The minimum absolute atomic E-state index is 0.129. The number of carbonyl (C=O) groups excluding carboxylic acids is 2. The van der Waals surface area contributed by atoms with Crippen molar-refractivity contribution in [2.75, 3.05) is 5.32 Å². The molecule has 0 aliphatic rings. The lowest BCUT2D eigenvalue weighted by molar-refractivity contribution is -0.123. The maximum absolute atomic E-state index is 12.5. The van der Waals surface area contributed by atoms with E-state index in [2.05, 4.69) is 10.3 Å². The first-order chi connectivity index (χ1) is 11.9. The maximum Gasteiger partial charge on any atom is 0.341 e. The molecular formula is C16H13ClF2N2O3S. The third-order valence-electron chi connectivity index (χ3n) is 2.94. The van der Waals surface area contributed by atoms with Crippen LogP contribution >= 0.6 is 23.4 Å². The van der Waals surface area contributed by atoms with Crippen LogP contribution in [0, 0.1) is 0 Å². The third-order valence-corrected chi connectivity index (χ3v) is 3.90. The molecule has 1 N–H and O–H groups in total. The third kappa shape index (κ3) is 5.68. The Morgan fingerprint density at radius 2 is 2.04 bits per heavy atom. The van der Waals surface area contributed by atoms with Crippen molar-refractivity contribution in [2.24, 2.45) is 0 Å². The highest BCUT2D eigenvalue weighted by molar-refractivity contribution is 7.99. The number of anilines is 1. The lowest BCUT2D eigenvalue weighted by Gasteiger charge is -2.14. The average Bonchev–Trinajstić information content (AvgIpc) is 2.54. The van der Waals surface area contributed by atoms with Crippen LogP contribution in [0.25, 0.3) is 0 Å². The van der Waals surface area contributed by atoms with Gasteiger partial charge in [-0.25, -0.2) is 9.78 Å². The lowest BCUT2D eigenvalue weighted by atomic mass is 10.2. The van der Waals surface area contributed by atoms with Crippen molar-refractivity contribution in [3.63, 3.8) is 0 Å². The van der Waals surface area contributed by atoms with E-state index in [0.717, 1.165) is 0 Å². The van der Waals surface area contributed by atoms with Crippen LogP contribution in [-0.4, -0.2) is 28.7 Å². The van der Waals surface area contributed by atoms with Gasteiger partial charge in [0.25, 0.3) is 11.7 Å². The van der Waals surface area contributed by atoms with Gasteiger partial charge in [-0.3, -0.25) is 4.79 Å². The second-order valence-electron chi connectivity index (χ2n) is 4.78. The number of alkyl halides is 2. The van der Waals surface area contributed by atoms with Crippen molar-refractivity contribution in [3.8, 4) is 0 Å². The zero-order valence-electron chi connectivity index (χ0n) is 12.9. The molecule has 0 radical (unpaired) electrons. The number of carbonyl (C=O) groups is 2. The summed E-state index contributed by atoms with van der Waals surface area (Å²) in [5.41, 5.74) is 0.311. The first-order valence-corrected chi connectivity index (χ1v) is 8.30. The molecule has 0 fully saturated rings. The Hall–Kier alpha value is -2.19. The molecule has 1 atom stereocenters. The van der Waals surface area contributed by atoms with Gasteiger partial charge in [0.1, 0.15) is 5.03 Å². The number of aromatic nitrogens is 1. The normalized spacial score (nSPS) is 11.9. The molecule has 0 aliphatic carbocycles. The molecule has 0 spiro atoms. The monoisotopic (exact) mass is 386 g/mol. The minimum Gasteiger partial charge on any atom is -0.449 e. The van der Waals surface area contributed by atoms with Gasteiger partial charge >= 0.3 is 5.97 Å². The molecule has 2 aromatic rings. The van der Waals surface area contributed by atoms with E-state index in [1.165, 1.54) is 31.3 Å².